The minimum Gasteiger partial charge on any atom is -0.506 e. The highest BCUT2D eigenvalue weighted by molar-refractivity contribution is 14.1. The Morgan fingerprint density at radius 2 is 2.21 bits per heavy atom. The number of rotatable bonds is 5. The number of aromatic hydroxyl groups is 1. The number of phenolic OH excluding ortho intramolecular Hbond substituents is 1. The lowest BCUT2D eigenvalue weighted by Crippen LogP contribution is -2.28. The zero-order valence-corrected chi connectivity index (χ0v) is 22.5. The number of thiophene rings is 1. The lowest BCUT2D eigenvalue weighted by atomic mass is 9.72. The number of hydrogen-bond donors (Lipinski definition) is 2. The van der Waals surface area contributed by atoms with Gasteiger partial charge in [-0.2, -0.15) is 0 Å². The Hall–Kier alpha value is -1.84. The number of benzene rings is 1. The standard InChI is InChI=1S/C25H26ClIN2O3S/c1-25(2,3)15-6-7-18-20(10-15)33-24(21(18)23(31)28-13-17-5-4-8-32-17)29-12-14-9-16(26)11-19(27)22(14)30/h4-5,8-9,11-12,15,30H,6-7,10,13H2,1-3H3,(H,28,31)/t15-/m0/s1. The summed E-state index contributed by atoms with van der Waals surface area (Å²) in [5, 5.41) is 14.6. The van der Waals surface area contributed by atoms with E-state index in [4.69, 9.17) is 16.0 Å². The fourth-order valence-electron chi connectivity index (χ4n) is 4.12. The van der Waals surface area contributed by atoms with E-state index in [1.165, 1.54) is 4.88 Å². The Kier molecular flexibility index (Phi) is 7.21. The van der Waals surface area contributed by atoms with Gasteiger partial charge in [-0.25, -0.2) is 4.99 Å². The molecule has 33 heavy (non-hydrogen) atoms. The first kappa shape index (κ1) is 24.3. The van der Waals surface area contributed by atoms with Gasteiger partial charge in [-0.15, -0.1) is 11.3 Å². The van der Waals surface area contributed by atoms with Crippen molar-refractivity contribution in [3.8, 4) is 5.75 Å². The summed E-state index contributed by atoms with van der Waals surface area (Å²) in [7, 11) is 0. The van der Waals surface area contributed by atoms with Crippen LogP contribution >= 0.6 is 45.5 Å². The van der Waals surface area contributed by atoms with Crippen molar-refractivity contribution in [1.82, 2.24) is 5.32 Å². The van der Waals surface area contributed by atoms with Gasteiger partial charge in [0.15, 0.2) is 0 Å². The van der Waals surface area contributed by atoms with Gasteiger partial charge in [0.2, 0.25) is 0 Å². The second kappa shape index (κ2) is 9.80. The highest BCUT2D eigenvalue weighted by atomic mass is 127. The molecule has 2 aromatic heterocycles. The van der Waals surface area contributed by atoms with E-state index in [1.54, 1.807) is 42.0 Å². The zero-order valence-electron chi connectivity index (χ0n) is 18.7. The van der Waals surface area contributed by atoms with Crippen LogP contribution < -0.4 is 5.32 Å². The van der Waals surface area contributed by atoms with Crippen molar-refractivity contribution < 1.29 is 14.3 Å². The molecule has 0 radical (unpaired) electrons. The normalized spacial score (nSPS) is 16.2. The molecule has 2 heterocycles. The molecule has 1 amide bonds. The van der Waals surface area contributed by atoms with Crippen molar-refractivity contribution >= 4 is 62.7 Å². The number of nitrogens with one attached hydrogen (secondary N) is 1. The first-order chi connectivity index (χ1) is 15.6. The van der Waals surface area contributed by atoms with Crippen molar-refractivity contribution in [3.05, 3.63) is 66.4 Å². The van der Waals surface area contributed by atoms with Crippen molar-refractivity contribution in [2.24, 2.45) is 16.3 Å². The van der Waals surface area contributed by atoms with Gasteiger partial charge in [0.1, 0.15) is 16.5 Å². The van der Waals surface area contributed by atoms with Gasteiger partial charge in [-0.05, 0) is 83.0 Å². The molecule has 0 spiro atoms. The molecular weight excluding hydrogens is 571 g/mol. The fraction of sp³-hybridized carbons (Fsp3) is 0.360. The molecule has 1 atom stereocenters. The lowest BCUT2D eigenvalue weighted by Gasteiger charge is -2.33. The van der Waals surface area contributed by atoms with Gasteiger partial charge < -0.3 is 14.8 Å². The number of furan rings is 1. The van der Waals surface area contributed by atoms with Crippen LogP contribution in [-0.4, -0.2) is 17.2 Å². The van der Waals surface area contributed by atoms with Crippen molar-refractivity contribution in [2.45, 2.75) is 46.6 Å². The molecule has 5 nitrogen and oxygen atoms in total. The molecule has 0 aliphatic heterocycles. The van der Waals surface area contributed by atoms with E-state index >= 15 is 0 Å². The van der Waals surface area contributed by atoms with Crippen LogP contribution in [0.2, 0.25) is 5.02 Å². The highest BCUT2D eigenvalue weighted by Gasteiger charge is 2.33. The smallest absolute Gasteiger partial charge is 0.255 e. The summed E-state index contributed by atoms with van der Waals surface area (Å²) in [6.45, 7) is 7.14. The molecule has 174 valence electrons. The van der Waals surface area contributed by atoms with E-state index in [0.717, 1.165) is 24.8 Å². The number of carbonyl (C=O) groups excluding carboxylic acids is 1. The summed E-state index contributed by atoms with van der Waals surface area (Å²) in [5.41, 5.74) is 2.44. The maximum absolute atomic E-state index is 13.3. The van der Waals surface area contributed by atoms with Crippen LogP contribution in [0, 0.1) is 14.9 Å². The number of amides is 1. The van der Waals surface area contributed by atoms with Gasteiger partial charge in [0, 0.05) is 21.7 Å². The summed E-state index contributed by atoms with van der Waals surface area (Å²) < 4.78 is 6.00. The summed E-state index contributed by atoms with van der Waals surface area (Å²) in [4.78, 5) is 19.2. The maximum atomic E-state index is 13.3. The molecule has 0 saturated heterocycles. The lowest BCUT2D eigenvalue weighted by molar-refractivity contribution is 0.0947. The monoisotopic (exact) mass is 596 g/mol. The second-order valence-corrected chi connectivity index (χ2v) is 12.0. The maximum Gasteiger partial charge on any atom is 0.255 e. The van der Waals surface area contributed by atoms with Crippen LogP contribution in [0.15, 0.2) is 39.9 Å². The predicted octanol–water partition coefficient (Wildman–Crippen LogP) is 7.14. The molecule has 2 N–H and O–H groups in total. The molecule has 0 bridgehead atoms. The summed E-state index contributed by atoms with van der Waals surface area (Å²) >= 11 is 9.77. The third-order valence-corrected chi connectivity index (χ3v) is 8.28. The molecule has 1 aromatic carbocycles. The van der Waals surface area contributed by atoms with E-state index in [2.05, 4.69) is 31.1 Å². The average molecular weight is 597 g/mol. The Morgan fingerprint density at radius 1 is 1.42 bits per heavy atom. The van der Waals surface area contributed by atoms with Crippen molar-refractivity contribution in [2.75, 3.05) is 0 Å². The second-order valence-electron chi connectivity index (χ2n) is 9.34. The quantitative estimate of drug-likeness (QED) is 0.243. The van der Waals surface area contributed by atoms with Gasteiger partial charge in [-0.1, -0.05) is 32.4 Å². The van der Waals surface area contributed by atoms with E-state index in [0.29, 0.717) is 42.9 Å². The Labute approximate surface area is 216 Å². The minimum absolute atomic E-state index is 0.127. The summed E-state index contributed by atoms with van der Waals surface area (Å²) in [6, 6.07) is 7.00. The van der Waals surface area contributed by atoms with E-state index in [9.17, 15) is 9.90 Å². The van der Waals surface area contributed by atoms with Gasteiger partial charge >= 0.3 is 0 Å². The molecule has 0 unspecified atom stereocenters. The fourth-order valence-corrected chi connectivity index (χ4v) is 6.44. The molecule has 8 heteroatoms. The van der Waals surface area contributed by atoms with Crippen LogP contribution in [0.4, 0.5) is 5.00 Å². The molecule has 0 saturated carbocycles. The third kappa shape index (κ3) is 5.46. The summed E-state index contributed by atoms with van der Waals surface area (Å²) in [5.74, 6) is 1.22. The van der Waals surface area contributed by atoms with E-state index in [1.807, 2.05) is 28.7 Å². The zero-order chi connectivity index (χ0) is 23.8. The van der Waals surface area contributed by atoms with Crippen molar-refractivity contribution in [3.63, 3.8) is 0 Å². The Bertz CT molecular complexity index is 1200. The number of nitrogens with zero attached hydrogens (tertiary/aromatic N) is 1. The average Bonchev–Trinajstić information content (AvgIpc) is 3.39. The molecule has 3 aromatic rings. The molecule has 4 rings (SSSR count). The number of carbonyl (C=O) groups is 1. The first-order valence-corrected chi connectivity index (χ1v) is 13.1. The number of hydrogen-bond acceptors (Lipinski definition) is 5. The van der Waals surface area contributed by atoms with Crippen LogP contribution in [0.3, 0.4) is 0 Å². The Balaban J connectivity index is 1.69. The van der Waals surface area contributed by atoms with Gasteiger partial charge in [-0.3, -0.25) is 4.79 Å². The van der Waals surface area contributed by atoms with Crippen LogP contribution in [0.5, 0.6) is 5.75 Å². The highest BCUT2D eigenvalue weighted by Crippen LogP contribution is 2.45. The largest absolute Gasteiger partial charge is 0.506 e. The minimum atomic E-state index is -0.157. The van der Waals surface area contributed by atoms with Gasteiger partial charge in [0.05, 0.1) is 21.9 Å². The van der Waals surface area contributed by atoms with Crippen LogP contribution in [0.1, 0.15) is 59.3 Å². The molecule has 1 aliphatic carbocycles. The number of phenols is 1. The molecule has 1 aliphatic rings. The van der Waals surface area contributed by atoms with E-state index < -0.39 is 0 Å². The Morgan fingerprint density at radius 3 is 2.91 bits per heavy atom. The predicted molar refractivity (Wildman–Crippen MR) is 142 cm³/mol. The van der Waals surface area contributed by atoms with Crippen LogP contribution in [0.25, 0.3) is 0 Å². The number of aliphatic imine (C=N–C) groups is 1. The third-order valence-electron chi connectivity index (χ3n) is 6.08. The topological polar surface area (TPSA) is 74.8 Å². The van der Waals surface area contributed by atoms with Crippen molar-refractivity contribution in [1.29, 1.82) is 0 Å². The first-order valence-electron chi connectivity index (χ1n) is 10.8. The number of fused-ring (bicyclic) bond motifs is 1. The molecular formula is C25H26ClIN2O3S. The van der Waals surface area contributed by atoms with E-state index in [-0.39, 0.29) is 17.1 Å². The van der Waals surface area contributed by atoms with Crippen LogP contribution in [-0.2, 0) is 19.4 Å². The SMILES string of the molecule is CC(C)(C)[C@H]1CCc2c(sc(N=Cc3cc(Cl)cc(I)c3O)c2C(=O)NCc2ccco2)C1. The summed E-state index contributed by atoms with van der Waals surface area (Å²) in [6.07, 6.45) is 6.02. The molecule has 0 fully saturated rings. The number of halogens is 2. The van der Waals surface area contributed by atoms with Gasteiger partial charge in [0.25, 0.3) is 5.91 Å².